The fourth-order valence-electron chi connectivity index (χ4n) is 1.97. The summed E-state index contributed by atoms with van der Waals surface area (Å²) in [6.45, 7) is 4.09. The largest absolute Gasteiger partial charge is 0.496 e. The first-order chi connectivity index (χ1) is 9.04. The summed E-state index contributed by atoms with van der Waals surface area (Å²) in [5, 5.41) is 1.09. The molecule has 19 heavy (non-hydrogen) atoms. The van der Waals surface area contributed by atoms with Crippen LogP contribution in [0.25, 0.3) is 11.3 Å². The molecule has 0 unspecified atom stereocenters. The Hall–Kier alpha value is -1.32. The molecule has 0 atom stereocenters. The van der Waals surface area contributed by atoms with Crippen molar-refractivity contribution in [3.05, 3.63) is 40.3 Å². The van der Waals surface area contributed by atoms with Crippen molar-refractivity contribution in [3.63, 3.8) is 0 Å². The number of halogens is 2. The molecular weight excluding hydrogens is 283 g/mol. The van der Waals surface area contributed by atoms with Crippen LogP contribution < -0.4 is 4.74 Å². The van der Waals surface area contributed by atoms with Gasteiger partial charge in [0.2, 0.25) is 0 Å². The van der Waals surface area contributed by atoms with E-state index in [-0.39, 0.29) is 5.92 Å². The van der Waals surface area contributed by atoms with Gasteiger partial charge in [-0.1, -0.05) is 37.0 Å². The predicted molar refractivity (Wildman–Crippen MR) is 78.1 cm³/mol. The monoisotopic (exact) mass is 296 g/mol. The molecule has 3 nitrogen and oxygen atoms in total. The van der Waals surface area contributed by atoms with Gasteiger partial charge in [0.05, 0.1) is 12.8 Å². The Labute approximate surface area is 122 Å². The minimum atomic E-state index is 0.201. The topological polar surface area (TPSA) is 35.0 Å². The molecule has 1 heterocycles. The van der Waals surface area contributed by atoms with Gasteiger partial charge in [-0.25, -0.2) is 9.97 Å². The van der Waals surface area contributed by atoms with E-state index in [0.29, 0.717) is 15.9 Å². The highest BCUT2D eigenvalue weighted by Gasteiger charge is 2.18. The van der Waals surface area contributed by atoms with Crippen molar-refractivity contribution in [1.29, 1.82) is 0 Å². The van der Waals surface area contributed by atoms with Crippen molar-refractivity contribution >= 4 is 23.2 Å². The molecule has 1 aromatic heterocycles. The molecule has 0 radical (unpaired) electrons. The van der Waals surface area contributed by atoms with Crippen LogP contribution >= 0.6 is 23.2 Å². The second-order valence-electron chi connectivity index (χ2n) is 4.43. The molecule has 0 spiro atoms. The van der Waals surface area contributed by atoms with E-state index in [1.807, 2.05) is 26.0 Å². The highest BCUT2D eigenvalue weighted by Crippen LogP contribution is 2.37. The minimum absolute atomic E-state index is 0.201. The molecule has 2 aromatic rings. The number of methoxy groups -OCH3 is 1. The lowest BCUT2D eigenvalue weighted by atomic mass is 9.98. The van der Waals surface area contributed by atoms with Crippen molar-refractivity contribution in [2.45, 2.75) is 19.8 Å². The number of nitrogens with zero attached hydrogens (tertiary/aromatic N) is 2. The first-order valence-electron chi connectivity index (χ1n) is 5.89. The van der Waals surface area contributed by atoms with E-state index in [9.17, 15) is 0 Å². The van der Waals surface area contributed by atoms with Gasteiger partial charge in [0, 0.05) is 16.1 Å². The normalized spacial score (nSPS) is 10.8. The highest BCUT2D eigenvalue weighted by molar-refractivity contribution is 6.31. The van der Waals surface area contributed by atoms with Gasteiger partial charge < -0.3 is 4.74 Å². The summed E-state index contributed by atoms with van der Waals surface area (Å²) >= 11 is 12.2. The first-order valence-corrected chi connectivity index (χ1v) is 6.64. The van der Waals surface area contributed by atoms with Crippen LogP contribution in [0.5, 0.6) is 5.75 Å². The molecular formula is C14H14Cl2N2O. The third kappa shape index (κ3) is 2.82. The Bertz CT molecular complexity index is 600. The molecule has 0 amide bonds. The summed E-state index contributed by atoms with van der Waals surface area (Å²) in [4.78, 5) is 8.39. The summed E-state index contributed by atoms with van der Waals surface area (Å²) in [6, 6.07) is 5.42. The van der Waals surface area contributed by atoms with Crippen LogP contribution in [0.2, 0.25) is 10.2 Å². The SMILES string of the molecule is COc1ccc(Cl)cc1-c1ncnc(Cl)c1C(C)C. The molecule has 1 aromatic carbocycles. The van der Waals surface area contributed by atoms with E-state index in [1.54, 1.807) is 13.2 Å². The maximum absolute atomic E-state index is 6.18. The van der Waals surface area contributed by atoms with E-state index < -0.39 is 0 Å². The van der Waals surface area contributed by atoms with Crippen LogP contribution in [0, 0.1) is 0 Å². The highest BCUT2D eigenvalue weighted by atomic mass is 35.5. The quantitative estimate of drug-likeness (QED) is 0.778. The average molecular weight is 297 g/mol. The Morgan fingerprint density at radius 1 is 1.16 bits per heavy atom. The Kier molecular flexibility index (Phi) is 4.27. The summed E-state index contributed by atoms with van der Waals surface area (Å²) in [7, 11) is 1.62. The lowest BCUT2D eigenvalue weighted by Crippen LogP contribution is -2.00. The van der Waals surface area contributed by atoms with Gasteiger partial charge in [-0.05, 0) is 24.1 Å². The molecule has 100 valence electrons. The molecule has 0 fully saturated rings. The van der Waals surface area contributed by atoms with E-state index in [2.05, 4.69) is 9.97 Å². The van der Waals surface area contributed by atoms with Gasteiger partial charge in [0.1, 0.15) is 17.2 Å². The van der Waals surface area contributed by atoms with Crippen LogP contribution in [0.1, 0.15) is 25.3 Å². The van der Waals surface area contributed by atoms with Crippen molar-refractivity contribution in [2.24, 2.45) is 0 Å². The minimum Gasteiger partial charge on any atom is -0.496 e. The average Bonchev–Trinajstić information content (AvgIpc) is 2.37. The molecule has 0 aliphatic heterocycles. The number of hydrogen-bond donors (Lipinski definition) is 0. The van der Waals surface area contributed by atoms with Crippen LogP contribution in [-0.4, -0.2) is 17.1 Å². The number of hydrogen-bond acceptors (Lipinski definition) is 3. The zero-order valence-electron chi connectivity index (χ0n) is 10.9. The Morgan fingerprint density at radius 3 is 2.53 bits per heavy atom. The first kappa shape index (κ1) is 14.1. The predicted octanol–water partition coefficient (Wildman–Crippen LogP) is 4.58. The van der Waals surface area contributed by atoms with Crippen LogP contribution in [0.15, 0.2) is 24.5 Å². The van der Waals surface area contributed by atoms with E-state index in [1.165, 1.54) is 6.33 Å². The molecule has 0 aliphatic rings. The zero-order valence-corrected chi connectivity index (χ0v) is 12.5. The number of aromatic nitrogens is 2. The van der Waals surface area contributed by atoms with Gasteiger partial charge in [0.15, 0.2) is 0 Å². The summed E-state index contributed by atoms with van der Waals surface area (Å²) in [6.07, 6.45) is 1.45. The standard InChI is InChI=1S/C14H14Cl2N2O/c1-8(2)12-13(17-7-18-14(12)16)10-6-9(15)4-5-11(10)19-3/h4-8H,1-3H3. The second-order valence-corrected chi connectivity index (χ2v) is 5.22. The molecule has 2 rings (SSSR count). The molecule has 5 heteroatoms. The number of rotatable bonds is 3. The number of benzene rings is 1. The maximum Gasteiger partial charge on any atom is 0.136 e. The van der Waals surface area contributed by atoms with Gasteiger partial charge >= 0.3 is 0 Å². The van der Waals surface area contributed by atoms with Crippen molar-refractivity contribution in [1.82, 2.24) is 9.97 Å². The van der Waals surface area contributed by atoms with E-state index in [4.69, 9.17) is 27.9 Å². The van der Waals surface area contributed by atoms with Crippen LogP contribution in [0.3, 0.4) is 0 Å². The Morgan fingerprint density at radius 2 is 1.89 bits per heavy atom. The molecule has 0 aliphatic carbocycles. The molecule has 0 bridgehead atoms. The van der Waals surface area contributed by atoms with Gasteiger partial charge in [-0.2, -0.15) is 0 Å². The van der Waals surface area contributed by atoms with E-state index in [0.717, 1.165) is 16.8 Å². The second kappa shape index (κ2) is 5.76. The zero-order chi connectivity index (χ0) is 14.0. The fourth-order valence-corrected chi connectivity index (χ4v) is 2.49. The van der Waals surface area contributed by atoms with Crippen molar-refractivity contribution in [2.75, 3.05) is 7.11 Å². The Balaban J connectivity index is 2.71. The summed E-state index contributed by atoms with van der Waals surface area (Å²) in [5.41, 5.74) is 2.47. The van der Waals surface area contributed by atoms with Crippen molar-refractivity contribution in [3.8, 4) is 17.0 Å². The lowest BCUT2D eigenvalue weighted by molar-refractivity contribution is 0.416. The van der Waals surface area contributed by atoms with Crippen molar-refractivity contribution < 1.29 is 4.74 Å². The van der Waals surface area contributed by atoms with E-state index >= 15 is 0 Å². The van der Waals surface area contributed by atoms with Crippen LogP contribution in [-0.2, 0) is 0 Å². The lowest BCUT2D eigenvalue weighted by Gasteiger charge is -2.15. The molecule has 0 saturated heterocycles. The summed E-state index contributed by atoms with van der Waals surface area (Å²) in [5.74, 6) is 0.911. The van der Waals surface area contributed by atoms with Gasteiger partial charge in [0.25, 0.3) is 0 Å². The smallest absolute Gasteiger partial charge is 0.136 e. The third-order valence-corrected chi connectivity index (χ3v) is 3.37. The van der Waals surface area contributed by atoms with Gasteiger partial charge in [-0.15, -0.1) is 0 Å². The fraction of sp³-hybridized carbons (Fsp3) is 0.286. The van der Waals surface area contributed by atoms with Gasteiger partial charge in [-0.3, -0.25) is 0 Å². The number of ether oxygens (including phenoxy) is 1. The molecule has 0 saturated carbocycles. The maximum atomic E-state index is 6.18. The molecule has 0 N–H and O–H groups in total. The summed E-state index contributed by atoms with van der Waals surface area (Å²) < 4.78 is 5.37. The third-order valence-electron chi connectivity index (χ3n) is 2.83. The van der Waals surface area contributed by atoms with Crippen LogP contribution in [0.4, 0.5) is 0 Å².